The van der Waals surface area contributed by atoms with Crippen molar-refractivity contribution in [1.29, 1.82) is 0 Å². The van der Waals surface area contributed by atoms with E-state index >= 15 is 0 Å². The molecular formula is C13H15Cl2NS3. The Bertz CT molecular complexity index is 529. The first-order valence-electron chi connectivity index (χ1n) is 6.36. The van der Waals surface area contributed by atoms with Crippen molar-refractivity contribution >= 4 is 65.0 Å². The zero-order valence-electron chi connectivity index (χ0n) is 10.3. The van der Waals surface area contributed by atoms with E-state index in [1.54, 1.807) is 0 Å². The molecule has 1 aliphatic carbocycles. The van der Waals surface area contributed by atoms with Crippen LogP contribution in [0.1, 0.15) is 32.1 Å². The first-order valence-corrected chi connectivity index (χ1v) is 11.3. The van der Waals surface area contributed by atoms with Crippen molar-refractivity contribution in [3.63, 3.8) is 0 Å². The summed E-state index contributed by atoms with van der Waals surface area (Å²) in [5, 5.41) is 1.87. The molecule has 0 spiro atoms. The van der Waals surface area contributed by atoms with E-state index in [2.05, 4.69) is 4.99 Å². The Hall–Kier alpha value is 0.520. The van der Waals surface area contributed by atoms with E-state index < -0.39 is 8.09 Å². The molecule has 1 atom stereocenters. The second-order valence-electron chi connectivity index (χ2n) is 4.89. The van der Waals surface area contributed by atoms with Crippen molar-refractivity contribution < 1.29 is 0 Å². The summed E-state index contributed by atoms with van der Waals surface area (Å²) in [5.74, 6) is 0. The van der Waals surface area contributed by atoms with Crippen molar-refractivity contribution in [1.82, 2.24) is 0 Å². The molecule has 3 rings (SSSR count). The van der Waals surface area contributed by atoms with Crippen LogP contribution >= 0.6 is 53.7 Å². The van der Waals surface area contributed by atoms with Crippen LogP contribution in [0.15, 0.2) is 22.0 Å². The Labute approximate surface area is 134 Å². The van der Waals surface area contributed by atoms with Crippen LogP contribution in [0, 0.1) is 0 Å². The predicted molar refractivity (Wildman–Crippen MR) is 93.9 cm³/mol. The highest BCUT2D eigenvalue weighted by molar-refractivity contribution is 9.26. The number of benzene rings is 1. The van der Waals surface area contributed by atoms with Crippen molar-refractivity contribution in [2.75, 3.05) is 0 Å². The van der Waals surface area contributed by atoms with Gasteiger partial charge in [0.25, 0.3) is 0 Å². The molecule has 1 aliphatic heterocycles. The number of rotatable bonds is 2. The second kappa shape index (κ2) is 5.72. The largest absolute Gasteiger partial charge is 0.248 e. The summed E-state index contributed by atoms with van der Waals surface area (Å²) in [6.07, 6.45) is 6.64. The van der Waals surface area contributed by atoms with Crippen LogP contribution in [0.2, 0.25) is 10.0 Å². The molecule has 1 aromatic carbocycles. The maximum absolute atomic E-state index is 6.15. The van der Waals surface area contributed by atoms with E-state index in [-0.39, 0.29) is 0 Å². The fraction of sp³-hybridized carbons (Fsp3) is 0.462. The van der Waals surface area contributed by atoms with E-state index in [1.165, 1.54) is 32.1 Å². The number of halogens is 2. The first kappa shape index (κ1) is 14.5. The van der Waals surface area contributed by atoms with Gasteiger partial charge in [-0.1, -0.05) is 61.4 Å². The number of thiol groups is 1. The number of aliphatic imine (C=N–C) groups is 1. The molecule has 2 aliphatic rings. The van der Waals surface area contributed by atoms with E-state index in [4.69, 9.17) is 34.9 Å². The number of hydrogen-bond acceptors (Lipinski definition) is 3. The van der Waals surface area contributed by atoms with Gasteiger partial charge in [0, 0.05) is 10.1 Å². The fourth-order valence-electron chi connectivity index (χ4n) is 2.48. The topological polar surface area (TPSA) is 12.4 Å². The van der Waals surface area contributed by atoms with Gasteiger partial charge in [-0.25, -0.2) is 4.99 Å². The minimum Gasteiger partial charge on any atom is -0.248 e. The van der Waals surface area contributed by atoms with Crippen molar-refractivity contribution in [2.24, 2.45) is 4.99 Å². The quantitative estimate of drug-likeness (QED) is 0.464. The molecule has 1 unspecified atom stereocenters. The molecule has 19 heavy (non-hydrogen) atoms. The lowest BCUT2D eigenvalue weighted by atomic mass is 10.0. The Balaban J connectivity index is 1.87. The zero-order valence-corrected chi connectivity index (χ0v) is 14.4. The van der Waals surface area contributed by atoms with Gasteiger partial charge in [-0.05, 0) is 25.0 Å². The van der Waals surface area contributed by atoms with E-state index in [1.807, 2.05) is 28.5 Å². The first-order chi connectivity index (χ1) is 9.08. The SMILES string of the molecule is SS1(SC2CCCCC2)C=Nc2cc(Cl)c(Cl)cc21. The van der Waals surface area contributed by atoms with Gasteiger partial charge in [0.15, 0.2) is 0 Å². The molecule has 0 N–H and O–H groups in total. The van der Waals surface area contributed by atoms with Crippen molar-refractivity contribution in [3.05, 3.63) is 22.2 Å². The molecule has 0 aromatic heterocycles. The average molecular weight is 352 g/mol. The predicted octanol–water partition coefficient (Wildman–Crippen LogP) is 6.66. The van der Waals surface area contributed by atoms with Gasteiger partial charge in [0.1, 0.15) is 0 Å². The number of fused-ring (bicyclic) bond motifs is 1. The standard InChI is InChI=1S/C13H15Cl2NS3/c14-10-6-12-13(7-11(10)15)19(17,8-16-12)18-9-4-2-1-3-5-9/h6-9,17H,1-5H2. The Kier molecular flexibility index (Phi) is 4.35. The molecule has 1 saturated carbocycles. The molecule has 1 aromatic rings. The molecule has 0 amide bonds. The lowest BCUT2D eigenvalue weighted by Crippen LogP contribution is -2.09. The smallest absolute Gasteiger partial charge is 0.0791 e. The average Bonchev–Trinajstić information content (AvgIpc) is 2.69. The lowest BCUT2D eigenvalue weighted by molar-refractivity contribution is 0.517. The van der Waals surface area contributed by atoms with Crippen LogP contribution in [-0.2, 0) is 0 Å². The Morgan fingerprint density at radius 1 is 1.16 bits per heavy atom. The van der Waals surface area contributed by atoms with Gasteiger partial charge < -0.3 is 0 Å². The molecule has 6 heteroatoms. The fourth-order valence-corrected chi connectivity index (χ4v) is 9.52. The highest BCUT2D eigenvalue weighted by atomic mass is 35.5. The van der Waals surface area contributed by atoms with Gasteiger partial charge in [-0.3, -0.25) is 0 Å². The third-order valence-electron chi connectivity index (χ3n) is 3.49. The van der Waals surface area contributed by atoms with E-state index in [9.17, 15) is 0 Å². The molecule has 0 saturated heterocycles. The van der Waals surface area contributed by atoms with Crippen LogP contribution in [-0.4, -0.2) is 10.8 Å². The van der Waals surface area contributed by atoms with E-state index in [0.717, 1.165) is 10.6 Å². The molecule has 104 valence electrons. The molecule has 1 nitrogen and oxygen atoms in total. The highest BCUT2D eigenvalue weighted by Gasteiger charge is 2.33. The molecule has 1 heterocycles. The summed E-state index contributed by atoms with van der Waals surface area (Å²) in [5.41, 5.74) is 2.94. The van der Waals surface area contributed by atoms with Gasteiger partial charge in [-0.2, -0.15) is 0 Å². The second-order valence-corrected chi connectivity index (χ2v) is 13.0. The summed E-state index contributed by atoms with van der Waals surface area (Å²) in [7, 11) is 0.659. The Morgan fingerprint density at radius 2 is 1.84 bits per heavy atom. The Morgan fingerprint density at radius 3 is 2.58 bits per heavy atom. The monoisotopic (exact) mass is 351 g/mol. The molecule has 0 bridgehead atoms. The van der Waals surface area contributed by atoms with Crippen molar-refractivity contribution in [2.45, 2.75) is 42.2 Å². The van der Waals surface area contributed by atoms with Crippen LogP contribution < -0.4 is 0 Å². The van der Waals surface area contributed by atoms with E-state index in [0.29, 0.717) is 15.3 Å². The zero-order chi connectivity index (χ0) is 13.5. The summed E-state index contributed by atoms with van der Waals surface area (Å²) >= 11 is 17.1. The molecule has 0 radical (unpaired) electrons. The number of nitrogens with zero attached hydrogens (tertiary/aromatic N) is 1. The van der Waals surface area contributed by atoms with Gasteiger partial charge >= 0.3 is 0 Å². The maximum atomic E-state index is 6.15. The lowest BCUT2D eigenvalue weighted by Gasteiger charge is -2.32. The van der Waals surface area contributed by atoms with Crippen LogP contribution in [0.25, 0.3) is 0 Å². The number of hydrogen-bond donors (Lipinski definition) is 1. The molecular weight excluding hydrogens is 337 g/mol. The summed E-state index contributed by atoms with van der Waals surface area (Å²) in [6.45, 7) is 0. The summed E-state index contributed by atoms with van der Waals surface area (Å²) in [4.78, 5) is 5.65. The summed E-state index contributed by atoms with van der Waals surface area (Å²) in [6, 6.07) is 3.80. The minimum atomic E-state index is -1.33. The highest BCUT2D eigenvalue weighted by Crippen LogP contribution is 2.75. The van der Waals surface area contributed by atoms with Crippen molar-refractivity contribution in [3.8, 4) is 0 Å². The van der Waals surface area contributed by atoms with Crippen LogP contribution in [0.4, 0.5) is 5.69 Å². The van der Waals surface area contributed by atoms with Gasteiger partial charge in [0.05, 0.1) is 21.3 Å². The van der Waals surface area contributed by atoms with Gasteiger partial charge in [0.2, 0.25) is 0 Å². The van der Waals surface area contributed by atoms with Crippen LogP contribution in [0.5, 0.6) is 0 Å². The minimum absolute atomic E-state index is 0.567. The third-order valence-corrected chi connectivity index (χ3v) is 10.7. The normalized spacial score (nSPS) is 30.1. The van der Waals surface area contributed by atoms with Gasteiger partial charge in [-0.15, -0.1) is 11.7 Å². The maximum Gasteiger partial charge on any atom is 0.0791 e. The molecule has 1 fully saturated rings. The third kappa shape index (κ3) is 2.93. The summed E-state index contributed by atoms with van der Waals surface area (Å²) < 4.78 is 0. The van der Waals surface area contributed by atoms with Crippen LogP contribution in [0.3, 0.4) is 0 Å².